The molecule has 17 heavy (non-hydrogen) atoms. The first-order chi connectivity index (χ1) is 8.00. The molecule has 0 spiro atoms. The van der Waals surface area contributed by atoms with E-state index in [2.05, 4.69) is 4.98 Å². The number of hydrogen-bond acceptors (Lipinski definition) is 3. The molecule has 0 bridgehead atoms. The van der Waals surface area contributed by atoms with Crippen molar-refractivity contribution in [3.63, 3.8) is 0 Å². The van der Waals surface area contributed by atoms with Crippen molar-refractivity contribution in [1.29, 1.82) is 0 Å². The van der Waals surface area contributed by atoms with Gasteiger partial charge in [-0.1, -0.05) is 6.92 Å². The van der Waals surface area contributed by atoms with Crippen molar-refractivity contribution in [2.24, 2.45) is 18.9 Å². The van der Waals surface area contributed by atoms with Gasteiger partial charge in [0.25, 0.3) is 5.91 Å². The Hall–Kier alpha value is -1.85. The number of carboxylic acid groups (broad SMARTS) is 1. The van der Waals surface area contributed by atoms with Crippen LogP contribution in [0.4, 0.5) is 0 Å². The molecule has 92 valence electrons. The zero-order valence-corrected chi connectivity index (χ0v) is 9.83. The molecule has 1 N–H and O–H groups in total. The van der Waals surface area contributed by atoms with E-state index >= 15 is 0 Å². The molecule has 1 unspecified atom stereocenters. The van der Waals surface area contributed by atoms with Crippen molar-refractivity contribution in [3.8, 4) is 0 Å². The Labute approximate surface area is 98.9 Å². The van der Waals surface area contributed by atoms with Gasteiger partial charge in [-0.15, -0.1) is 0 Å². The van der Waals surface area contributed by atoms with Gasteiger partial charge in [-0.3, -0.25) is 9.59 Å². The number of rotatable bonds is 3. The molecule has 2 rings (SSSR count). The van der Waals surface area contributed by atoms with Crippen molar-refractivity contribution in [2.45, 2.75) is 6.92 Å². The summed E-state index contributed by atoms with van der Waals surface area (Å²) in [6.07, 6.45) is 3.10. The lowest BCUT2D eigenvalue weighted by molar-refractivity contribution is -0.144. The topological polar surface area (TPSA) is 75.4 Å². The van der Waals surface area contributed by atoms with Crippen LogP contribution in [0.1, 0.15) is 17.4 Å². The number of carbonyl (C=O) groups excluding carboxylic acids is 1. The van der Waals surface area contributed by atoms with Gasteiger partial charge in [0.05, 0.1) is 18.4 Å². The highest BCUT2D eigenvalue weighted by molar-refractivity contribution is 5.93. The first kappa shape index (κ1) is 11.6. The Morgan fingerprint density at radius 3 is 2.65 bits per heavy atom. The molecule has 6 nitrogen and oxygen atoms in total. The number of aryl methyl sites for hydroxylation is 1. The minimum Gasteiger partial charge on any atom is -0.481 e. The number of likely N-dealkylation sites (tertiary alicyclic amines) is 1. The molecule has 0 radical (unpaired) electrons. The maximum atomic E-state index is 12.0. The maximum Gasteiger partial charge on any atom is 0.306 e. The van der Waals surface area contributed by atoms with Gasteiger partial charge in [0.2, 0.25) is 0 Å². The third-order valence-electron chi connectivity index (χ3n) is 3.33. The number of carbonyl (C=O) groups is 2. The molecule has 1 fully saturated rings. The van der Waals surface area contributed by atoms with E-state index in [4.69, 9.17) is 5.11 Å². The predicted octanol–water partition coefficient (Wildman–Crippen LogP) is 0.213. The molecule has 0 aliphatic carbocycles. The average molecular weight is 237 g/mol. The van der Waals surface area contributed by atoms with E-state index in [1.165, 1.54) is 6.20 Å². The zero-order valence-electron chi connectivity index (χ0n) is 9.83. The largest absolute Gasteiger partial charge is 0.481 e. The Bertz CT molecular complexity index is 449. The normalized spacial score (nSPS) is 17.6. The summed E-state index contributed by atoms with van der Waals surface area (Å²) in [7, 11) is 1.76. The van der Waals surface area contributed by atoms with Crippen LogP contribution in [0.5, 0.6) is 0 Å². The molecule has 1 aromatic heterocycles. The molecule has 1 amide bonds. The van der Waals surface area contributed by atoms with Crippen LogP contribution in [-0.2, 0) is 11.8 Å². The third-order valence-corrected chi connectivity index (χ3v) is 3.33. The van der Waals surface area contributed by atoms with Crippen molar-refractivity contribution >= 4 is 11.9 Å². The molecule has 2 heterocycles. The number of imidazole rings is 1. The molecule has 6 heteroatoms. The minimum absolute atomic E-state index is 0.0599. The van der Waals surface area contributed by atoms with E-state index in [0.717, 1.165) is 0 Å². The lowest BCUT2D eigenvalue weighted by atomic mass is 9.87. The molecule has 0 aromatic carbocycles. The molecule has 1 atom stereocenters. The van der Waals surface area contributed by atoms with E-state index in [1.807, 2.05) is 0 Å². The Balaban J connectivity index is 1.95. The van der Waals surface area contributed by atoms with Gasteiger partial charge in [-0.25, -0.2) is 4.98 Å². The summed E-state index contributed by atoms with van der Waals surface area (Å²) >= 11 is 0. The fourth-order valence-electron chi connectivity index (χ4n) is 1.92. The summed E-state index contributed by atoms with van der Waals surface area (Å²) < 4.78 is 1.66. The lowest BCUT2D eigenvalue weighted by Crippen LogP contribution is -2.53. The number of carboxylic acids is 1. The van der Waals surface area contributed by atoms with E-state index in [0.29, 0.717) is 18.8 Å². The van der Waals surface area contributed by atoms with Gasteiger partial charge in [0.15, 0.2) is 0 Å². The molecule has 1 aromatic rings. The van der Waals surface area contributed by atoms with Gasteiger partial charge >= 0.3 is 5.97 Å². The summed E-state index contributed by atoms with van der Waals surface area (Å²) in [5.41, 5.74) is 0.534. The van der Waals surface area contributed by atoms with Gasteiger partial charge in [-0.05, 0) is 0 Å². The fourth-order valence-corrected chi connectivity index (χ4v) is 1.92. The summed E-state index contributed by atoms with van der Waals surface area (Å²) in [4.78, 5) is 28.3. The molecular weight excluding hydrogens is 222 g/mol. The zero-order chi connectivity index (χ0) is 12.6. The second kappa shape index (κ2) is 4.20. The highest BCUT2D eigenvalue weighted by Gasteiger charge is 2.37. The number of aromatic nitrogens is 2. The first-order valence-corrected chi connectivity index (χ1v) is 5.49. The predicted molar refractivity (Wildman–Crippen MR) is 59.4 cm³/mol. The first-order valence-electron chi connectivity index (χ1n) is 5.49. The SMILES string of the molecule is CC(C(=O)O)C1CN(C(=O)c2cncn2C)C1. The average Bonchev–Trinajstić information content (AvgIpc) is 2.61. The van der Waals surface area contributed by atoms with Crippen LogP contribution in [-0.4, -0.2) is 44.5 Å². The number of hydrogen-bond donors (Lipinski definition) is 1. The minimum atomic E-state index is -0.803. The maximum absolute atomic E-state index is 12.0. The molecule has 1 aliphatic rings. The molecular formula is C11H15N3O3. The molecule has 1 saturated heterocycles. The Kier molecular flexibility index (Phi) is 2.87. The summed E-state index contributed by atoms with van der Waals surface area (Å²) in [5, 5.41) is 8.85. The Morgan fingerprint density at radius 2 is 2.18 bits per heavy atom. The summed E-state index contributed by atoms with van der Waals surface area (Å²) in [6, 6.07) is 0. The lowest BCUT2D eigenvalue weighted by Gasteiger charge is -2.41. The van der Waals surface area contributed by atoms with E-state index in [9.17, 15) is 9.59 Å². The van der Waals surface area contributed by atoms with Crippen LogP contribution in [0, 0.1) is 11.8 Å². The van der Waals surface area contributed by atoms with Gasteiger partial charge in [0, 0.05) is 26.1 Å². The van der Waals surface area contributed by atoms with Gasteiger partial charge < -0.3 is 14.6 Å². The van der Waals surface area contributed by atoms with Crippen LogP contribution >= 0.6 is 0 Å². The van der Waals surface area contributed by atoms with Crippen molar-refractivity contribution in [1.82, 2.24) is 14.5 Å². The quantitative estimate of drug-likeness (QED) is 0.815. The molecule has 0 saturated carbocycles. The molecule has 1 aliphatic heterocycles. The van der Waals surface area contributed by atoms with Crippen LogP contribution < -0.4 is 0 Å². The number of amides is 1. The smallest absolute Gasteiger partial charge is 0.306 e. The monoisotopic (exact) mass is 237 g/mol. The Morgan fingerprint density at radius 1 is 1.53 bits per heavy atom. The second-order valence-corrected chi connectivity index (χ2v) is 4.49. The van der Waals surface area contributed by atoms with Gasteiger partial charge in [-0.2, -0.15) is 0 Å². The van der Waals surface area contributed by atoms with E-state index in [-0.39, 0.29) is 11.8 Å². The highest BCUT2D eigenvalue weighted by atomic mass is 16.4. The standard InChI is InChI=1S/C11H15N3O3/c1-7(11(16)17)8-4-14(5-8)10(15)9-3-12-6-13(9)2/h3,6-8H,4-5H2,1-2H3,(H,16,17). The second-order valence-electron chi connectivity index (χ2n) is 4.49. The number of nitrogens with zero attached hydrogens (tertiary/aromatic N) is 3. The van der Waals surface area contributed by atoms with Crippen LogP contribution in [0.2, 0.25) is 0 Å². The summed E-state index contributed by atoms with van der Waals surface area (Å²) in [6.45, 7) is 2.70. The fraction of sp³-hybridized carbons (Fsp3) is 0.545. The van der Waals surface area contributed by atoms with Crippen LogP contribution in [0.25, 0.3) is 0 Å². The van der Waals surface area contributed by atoms with Crippen LogP contribution in [0.15, 0.2) is 12.5 Å². The van der Waals surface area contributed by atoms with Crippen molar-refractivity contribution in [2.75, 3.05) is 13.1 Å². The highest BCUT2D eigenvalue weighted by Crippen LogP contribution is 2.25. The third kappa shape index (κ3) is 2.02. The van der Waals surface area contributed by atoms with Crippen LogP contribution in [0.3, 0.4) is 0 Å². The summed E-state index contributed by atoms with van der Waals surface area (Å²) in [5.74, 6) is -1.23. The van der Waals surface area contributed by atoms with Crippen molar-refractivity contribution in [3.05, 3.63) is 18.2 Å². The van der Waals surface area contributed by atoms with Gasteiger partial charge in [0.1, 0.15) is 5.69 Å². The van der Waals surface area contributed by atoms with E-state index < -0.39 is 11.9 Å². The van der Waals surface area contributed by atoms with E-state index in [1.54, 1.807) is 29.8 Å². The van der Waals surface area contributed by atoms with Crippen molar-refractivity contribution < 1.29 is 14.7 Å². The number of aliphatic carboxylic acids is 1.